The first-order valence-corrected chi connectivity index (χ1v) is 5.73. The summed E-state index contributed by atoms with van der Waals surface area (Å²) in [6, 6.07) is 7.30. The van der Waals surface area contributed by atoms with Gasteiger partial charge in [-0.3, -0.25) is 0 Å². The Balaban J connectivity index is 0.00000220. The molecule has 0 fully saturated rings. The van der Waals surface area contributed by atoms with E-state index in [9.17, 15) is 21.7 Å². The van der Waals surface area contributed by atoms with Crippen LogP contribution in [0.2, 0.25) is 0 Å². The van der Waals surface area contributed by atoms with Crippen LogP contribution in [0.15, 0.2) is 42.5 Å². The Bertz CT molecular complexity index is 618. The molecule has 0 N–H and O–H groups in total. The minimum Gasteiger partial charge on any atom is -0.486 e. The maximum absolute atomic E-state index is 13.4. The first-order chi connectivity index (χ1) is 9.36. The maximum Gasteiger partial charge on any atom is 1.00 e. The second-order valence-electron chi connectivity index (χ2n) is 4.18. The molecule has 0 atom stereocenters. The molecular formula is C13H9BF5KO. The molecule has 21 heavy (non-hydrogen) atoms. The molecular weight excluding hydrogens is 317 g/mol. The average Bonchev–Trinajstić information content (AvgIpc) is 2.36. The van der Waals surface area contributed by atoms with Crippen molar-refractivity contribution < 1.29 is 77.8 Å². The molecule has 0 unspecified atom stereocenters. The summed E-state index contributed by atoms with van der Waals surface area (Å²) in [5, 5.41) is 0. The number of hydrogen-bond acceptors (Lipinski definition) is 1. The molecule has 0 amide bonds. The standard InChI is InChI=1S/C13H9BF5O.K/c15-11-3-1-2-9(6-11)8-20-13-7-10(14(17,18)19)4-5-12(13)16;/h1-7H,8H2;/q-1;+1. The van der Waals surface area contributed by atoms with Gasteiger partial charge in [-0.15, -0.1) is 5.46 Å². The molecule has 2 aromatic rings. The molecule has 0 radical (unpaired) electrons. The molecule has 0 saturated carbocycles. The molecule has 8 heteroatoms. The summed E-state index contributed by atoms with van der Waals surface area (Å²) in [4.78, 5) is 0. The van der Waals surface area contributed by atoms with E-state index in [2.05, 4.69) is 0 Å². The third-order valence-electron chi connectivity index (χ3n) is 2.62. The fourth-order valence-electron chi connectivity index (χ4n) is 1.62. The Morgan fingerprint density at radius 3 is 2.29 bits per heavy atom. The van der Waals surface area contributed by atoms with Crippen molar-refractivity contribution in [2.45, 2.75) is 6.61 Å². The summed E-state index contributed by atoms with van der Waals surface area (Å²) < 4.78 is 68.9. The van der Waals surface area contributed by atoms with Crippen LogP contribution in [-0.2, 0) is 6.61 Å². The van der Waals surface area contributed by atoms with Crippen LogP contribution >= 0.6 is 0 Å². The van der Waals surface area contributed by atoms with Crippen LogP contribution in [-0.4, -0.2) is 6.98 Å². The van der Waals surface area contributed by atoms with Gasteiger partial charge in [-0.25, -0.2) is 8.78 Å². The fourth-order valence-corrected chi connectivity index (χ4v) is 1.62. The third kappa shape index (κ3) is 5.37. The van der Waals surface area contributed by atoms with Crippen molar-refractivity contribution in [3.63, 3.8) is 0 Å². The van der Waals surface area contributed by atoms with Gasteiger partial charge in [0.25, 0.3) is 0 Å². The van der Waals surface area contributed by atoms with E-state index >= 15 is 0 Å². The largest absolute Gasteiger partial charge is 1.00 e. The van der Waals surface area contributed by atoms with Gasteiger partial charge in [0.15, 0.2) is 11.6 Å². The van der Waals surface area contributed by atoms with E-state index < -0.39 is 29.8 Å². The SMILES string of the molecule is Fc1cccc(COc2cc([B-](F)(F)F)ccc2F)c1.[K+]. The number of ether oxygens (including phenoxy) is 1. The predicted molar refractivity (Wildman–Crippen MR) is 65.8 cm³/mol. The zero-order valence-corrected chi connectivity index (χ0v) is 14.2. The Morgan fingerprint density at radius 1 is 0.952 bits per heavy atom. The van der Waals surface area contributed by atoms with Crippen molar-refractivity contribution in [1.29, 1.82) is 0 Å². The van der Waals surface area contributed by atoms with Crippen LogP contribution in [0.3, 0.4) is 0 Å². The quantitative estimate of drug-likeness (QED) is 0.591. The van der Waals surface area contributed by atoms with Crippen LogP contribution in [0, 0.1) is 11.6 Å². The van der Waals surface area contributed by atoms with E-state index in [1.807, 2.05) is 0 Å². The molecule has 106 valence electrons. The third-order valence-corrected chi connectivity index (χ3v) is 2.62. The van der Waals surface area contributed by atoms with Crippen LogP contribution in [0.25, 0.3) is 0 Å². The van der Waals surface area contributed by atoms with Crippen molar-refractivity contribution in [1.82, 2.24) is 0 Å². The zero-order chi connectivity index (χ0) is 14.8. The number of benzene rings is 2. The van der Waals surface area contributed by atoms with E-state index in [0.29, 0.717) is 23.8 Å². The van der Waals surface area contributed by atoms with E-state index in [1.165, 1.54) is 18.2 Å². The Hall–Kier alpha value is -0.409. The molecule has 0 saturated heterocycles. The van der Waals surface area contributed by atoms with Crippen molar-refractivity contribution in [3.05, 3.63) is 59.7 Å². The smallest absolute Gasteiger partial charge is 0.486 e. The molecule has 0 aliphatic carbocycles. The predicted octanol–water partition coefficient (Wildman–Crippen LogP) is 0.602. The normalized spacial score (nSPS) is 10.9. The van der Waals surface area contributed by atoms with Gasteiger partial charge in [0.05, 0.1) is 0 Å². The summed E-state index contributed by atoms with van der Waals surface area (Å²) >= 11 is 0. The van der Waals surface area contributed by atoms with Gasteiger partial charge >= 0.3 is 58.4 Å². The summed E-state index contributed by atoms with van der Waals surface area (Å²) in [5.74, 6) is -1.91. The molecule has 0 spiro atoms. The topological polar surface area (TPSA) is 9.23 Å². The van der Waals surface area contributed by atoms with Gasteiger partial charge in [-0.1, -0.05) is 18.2 Å². The maximum atomic E-state index is 13.4. The summed E-state index contributed by atoms with van der Waals surface area (Å²) in [6.07, 6.45) is 0. The van der Waals surface area contributed by atoms with Crippen molar-refractivity contribution in [2.24, 2.45) is 0 Å². The van der Waals surface area contributed by atoms with E-state index in [-0.39, 0.29) is 58.0 Å². The van der Waals surface area contributed by atoms with Gasteiger partial charge in [0, 0.05) is 0 Å². The summed E-state index contributed by atoms with van der Waals surface area (Å²) in [5.41, 5.74) is -0.548. The minimum absolute atomic E-state index is 0. The molecule has 0 aromatic heterocycles. The van der Waals surface area contributed by atoms with Gasteiger partial charge < -0.3 is 17.7 Å². The van der Waals surface area contributed by atoms with Crippen LogP contribution in [0.1, 0.15) is 5.56 Å². The number of halogens is 5. The van der Waals surface area contributed by atoms with Crippen molar-refractivity contribution >= 4 is 12.4 Å². The summed E-state index contributed by atoms with van der Waals surface area (Å²) in [7, 11) is 0. The average molecular weight is 326 g/mol. The molecule has 1 nitrogen and oxygen atoms in total. The van der Waals surface area contributed by atoms with Crippen molar-refractivity contribution in [3.8, 4) is 5.75 Å². The van der Waals surface area contributed by atoms with Gasteiger partial charge in [-0.2, -0.15) is 0 Å². The Kier molecular flexibility index (Phi) is 6.86. The second-order valence-corrected chi connectivity index (χ2v) is 4.18. The molecule has 0 bridgehead atoms. The Morgan fingerprint density at radius 2 is 1.67 bits per heavy atom. The van der Waals surface area contributed by atoms with E-state index in [4.69, 9.17) is 4.74 Å². The first kappa shape index (κ1) is 18.6. The molecule has 0 heterocycles. The molecule has 0 aliphatic rings. The monoisotopic (exact) mass is 326 g/mol. The van der Waals surface area contributed by atoms with Gasteiger partial charge in [0.1, 0.15) is 12.4 Å². The number of hydrogen-bond donors (Lipinski definition) is 0. The fraction of sp³-hybridized carbons (Fsp3) is 0.0769. The minimum atomic E-state index is -5.22. The Labute approximate surface area is 161 Å². The molecule has 0 aliphatic heterocycles. The van der Waals surface area contributed by atoms with E-state index in [0.717, 1.165) is 6.07 Å². The van der Waals surface area contributed by atoms with Crippen LogP contribution in [0.5, 0.6) is 5.75 Å². The second kappa shape index (κ2) is 7.73. The first-order valence-electron chi connectivity index (χ1n) is 5.73. The van der Waals surface area contributed by atoms with Crippen LogP contribution in [0.4, 0.5) is 21.7 Å². The molecule has 2 rings (SSSR count). The van der Waals surface area contributed by atoms with Crippen molar-refractivity contribution in [2.75, 3.05) is 0 Å². The molecule has 2 aromatic carbocycles. The zero-order valence-electron chi connectivity index (χ0n) is 11.1. The van der Waals surface area contributed by atoms with E-state index in [1.54, 1.807) is 0 Å². The van der Waals surface area contributed by atoms with Gasteiger partial charge in [-0.05, 0) is 29.8 Å². The van der Waals surface area contributed by atoms with Gasteiger partial charge in [0.2, 0.25) is 0 Å². The number of rotatable bonds is 4. The summed E-state index contributed by atoms with van der Waals surface area (Å²) in [6.45, 7) is -5.44. The van der Waals surface area contributed by atoms with Crippen LogP contribution < -0.4 is 61.6 Å².